The summed E-state index contributed by atoms with van der Waals surface area (Å²) in [6, 6.07) is 16.7. The number of piperazine rings is 1. The fourth-order valence-electron chi connectivity index (χ4n) is 5.96. The largest absolute Gasteiger partial charge is 0.416 e. The number of aryl methyl sites for hydroxylation is 1. The number of para-hydroxylation sites is 1. The number of benzene rings is 3. The lowest BCUT2D eigenvalue weighted by Crippen LogP contribution is -2.53. The highest BCUT2D eigenvalue weighted by atomic mass is 35.5. The molecule has 3 aromatic rings. The summed E-state index contributed by atoms with van der Waals surface area (Å²) in [6.45, 7) is 5.34. The smallest absolute Gasteiger partial charge is 0.370 e. The molecule has 1 fully saturated rings. The van der Waals surface area contributed by atoms with E-state index in [-0.39, 0.29) is 56.3 Å². The molecule has 2 unspecified atom stereocenters. The van der Waals surface area contributed by atoms with E-state index in [1.165, 1.54) is 0 Å². The van der Waals surface area contributed by atoms with Crippen molar-refractivity contribution in [3.8, 4) is 0 Å². The quantitative estimate of drug-likeness (QED) is 0.206. The molecule has 2 atom stereocenters. The van der Waals surface area contributed by atoms with E-state index in [0.29, 0.717) is 11.6 Å². The Balaban J connectivity index is 1.54. The maximum Gasteiger partial charge on any atom is 0.416 e. The number of rotatable bonds is 10. The van der Waals surface area contributed by atoms with E-state index in [1.807, 2.05) is 68.4 Å². The van der Waals surface area contributed by atoms with Crippen LogP contribution in [-0.2, 0) is 23.7 Å². The first kappa shape index (κ1) is 35.6. The van der Waals surface area contributed by atoms with E-state index >= 15 is 0 Å². The van der Waals surface area contributed by atoms with Gasteiger partial charge in [0.25, 0.3) is 0 Å². The van der Waals surface area contributed by atoms with Crippen molar-refractivity contribution in [3.05, 3.63) is 99.6 Å². The number of alkyl halides is 6. The second kappa shape index (κ2) is 14.6. The fourth-order valence-corrected chi connectivity index (χ4v) is 6.07. The Morgan fingerprint density at radius 2 is 1.57 bits per heavy atom. The van der Waals surface area contributed by atoms with Gasteiger partial charge in [0.2, 0.25) is 5.91 Å². The van der Waals surface area contributed by atoms with Crippen LogP contribution in [0.25, 0.3) is 0 Å². The molecule has 0 N–H and O–H groups in total. The van der Waals surface area contributed by atoms with E-state index in [4.69, 9.17) is 11.6 Å². The highest BCUT2D eigenvalue weighted by Gasteiger charge is 2.38. The number of carbonyl (C=O) groups excluding carboxylic acids is 1. The Bertz CT molecular complexity index is 1450. The minimum Gasteiger partial charge on any atom is -0.370 e. The molecule has 0 bridgehead atoms. The second-order valence-corrected chi connectivity index (χ2v) is 12.4. The summed E-state index contributed by atoms with van der Waals surface area (Å²) in [7, 11) is 3.92. The van der Waals surface area contributed by atoms with Crippen LogP contribution in [0.2, 0.25) is 5.02 Å². The second-order valence-electron chi connectivity index (χ2n) is 12.0. The van der Waals surface area contributed by atoms with Crippen LogP contribution in [0.1, 0.15) is 47.2 Å². The Kier molecular flexibility index (Phi) is 11.3. The Morgan fingerprint density at radius 3 is 2.13 bits per heavy atom. The molecule has 0 saturated carbocycles. The average Bonchev–Trinajstić information content (AvgIpc) is 3.00. The van der Waals surface area contributed by atoms with Crippen LogP contribution < -0.4 is 4.90 Å². The molecule has 250 valence electrons. The number of amides is 1. The minimum atomic E-state index is -4.93. The van der Waals surface area contributed by atoms with Crippen LogP contribution in [0.15, 0.2) is 66.7 Å². The number of likely N-dealkylation sites (N-methyl/N-ethyl adjacent to an activating group) is 2. The van der Waals surface area contributed by atoms with Crippen molar-refractivity contribution in [2.75, 3.05) is 51.7 Å². The summed E-state index contributed by atoms with van der Waals surface area (Å²) >= 11 is 6.27. The van der Waals surface area contributed by atoms with Gasteiger partial charge in [-0.1, -0.05) is 48.9 Å². The molecule has 0 radical (unpaired) electrons. The third kappa shape index (κ3) is 8.95. The zero-order valence-electron chi connectivity index (χ0n) is 26.3. The molecular weight excluding hydrogens is 630 g/mol. The van der Waals surface area contributed by atoms with Crippen molar-refractivity contribution in [2.45, 2.75) is 51.2 Å². The van der Waals surface area contributed by atoms with Gasteiger partial charge >= 0.3 is 12.4 Å². The number of carbonyl (C=O) groups is 1. The van der Waals surface area contributed by atoms with Crippen LogP contribution in [-0.4, -0.2) is 73.5 Å². The van der Waals surface area contributed by atoms with Crippen molar-refractivity contribution in [1.29, 1.82) is 0 Å². The first-order valence-corrected chi connectivity index (χ1v) is 15.5. The van der Waals surface area contributed by atoms with Gasteiger partial charge in [-0.15, -0.1) is 0 Å². The molecule has 0 aliphatic carbocycles. The number of halogens is 7. The van der Waals surface area contributed by atoms with E-state index in [9.17, 15) is 31.1 Å². The Labute approximate surface area is 271 Å². The lowest BCUT2D eigenvalue weighted by atomic mass is 9.99. The first-order chi connectivity index (χ1) is 21.6. The lowest BCUT2D eigenvalue weighted by Gasteiger charge is -2.43. The molecule has 3 aromatic carbocycles. The number of hydrogen-bond acceptors (Lipinski definition) is 4. The van der Waals surface area contributed by atoms with Gasteiger partial charge < -0.3 is 9.80 Å². The summed E-state index contributed by atoms with van der Waals surface area (Å²) in [5, 5.41) is 0.547. The van der Waals surface area contributed by atoms with E-state index < -0.39 is 29.5 Å². The predicted octanol–water partition coefficient (Wildman–Crippen LogP) is 7.92. The predicted molar refractivity (Wildman–Crippen MR) is 169 cm³/mol. The SMILES string of the molecule is CCC(CN(C)CC(=O)N1CCN(Cc2cc(C(F)(F)F)cc(C(F)(F)F)c2)CC1c1ccc(Cl)c(C)c1)N(C)c1ccccc1. The molecule has 1 aliphatic heterocycles. The summed E-state index contributed by atoms with van der Waals surface area (Å²) in [6.07, 6.45) is -8.99. The lowest BCUT2D eigenvalue weighted by molar-refractivity contribution is -0.143. The number of nitrogens with zero attached hydrogens (tertiary/aromatic N) is 4. The van der Waals surface area contributed by atoms with Gasteiger partial charge in [0.1, 0.15) is 0 Å². The maximum absolute atomic E-state index is 13.8. The highest BCUT2D eigenvalue weighted by molar-refractivity contribution is 6.31. The molecule has 12 heteroatoms. The van der Waals surface area contributed by atoms with Crippen LogP contribution in [0.4, 0.5) is 32.0 Å². The fraction of sp³-hybridized carbons (Fsp3) is 0.441. The molecule has 5 nitrogen and oxygen atoms in total. The molecule has 1 saturated heterocycles. The van der Waals surface area contributed by atoms with Crippen molar-refractivity contribution in [3.63, 3.8) is 0 Å². The first-order valence-electron chi connectivity index (χ1n) is 15.1. The number of hydrogen-bond donors (Lipinski definition) is 0. The van der Waals surface area contributed by atoms with Crippen molar-refractivity contribution in [2.24, 2.45) is 0 Å². The topological polar surface area (TPSA) is 30.0 Å². The summed E-state index contributed by atoms with van der Waals surface area (Å²) in [4.78, 5) is 21.5. The molecular formula is C34H39ClF6N4O. The van der Waals surface area contributed by atoms with E-state index in [1.54, 1.807) is 15.9 Å². The standard InChI is InChI=1S/C34H39ClF6N4O/c1-5-28(43(4)29-9-7-6-8-10-29)20-42(3)22-32(46)45-14-13-44(21-31(45)25-11-12-30(35)23(2)15-25)19-24-16-26(33(36,37)38)18-27(17-24)34(39,40)41/h6-12,15-18,28,31H,5,13-14,19-22H2,1-4H3. The van der Waals surface area contributed by atoms with Gasteiger partial charge in [-0.3, -0.25) is 14.6 Å². The van der Waals surface area contributed by atoms with E-state index in [2.05, 4.69) is 11.8 Å². The summed E-state index contributed by atoms with van der Waals surface area (Å²) in [5.41, 5.74) is -0.127. The molecule has 1 aliphatic rings. The normalized spacial score (nSPS) is 17.0. The Hall–Kier alpha value is -3.28. The number of anilines is 1. The molecule has 4 rings (SSSR count). The van der Waals surface area contributed by atoms with Crippen LogP contribution >= 0.6 is 11.6 Å². The Morgan fingerprint density at radius 1 is 0.935 bits per heavy atom. The van der Waals surface area contributed by atoms with Gasteiger partial charge in [0.15, 0.2) is 0 Å². The summed E-state index contributed by atoms with van der Waals surface area (Å²) in [5.74, 6) is -0.115. The minimum absolute atomic E-state index is 0.0964. The van der Waals surface area contributed by atoms with Gasteiger partial charge in [-0.25, -0.2) is 0 Å². The van der Waals surface area contributed by atoms with Crippen molar-refractivity contribution in [1.82, 2.24) is 14.7 Å². The average molecular weight is 669 g/mol. The van der Waals surface area contributed by atoms with Gasteiger partial charge in [-0.05, 0) is 73.5 Å². The van der Waals surface area contributed by atoms with Gasteiger partial charge in [-0.2, -0.15) is 26.3 Å². The van der Waals surface area contributed by atoms with Crippen LogP contribution in [0.3, 0.4) is 0 Å². The third-order valence-corrected chi connectivity index (χ3v) is 8.94. The zero-order valence-corrected chi connectivity index (χ0v) is 27.1. The van der Waals surface area contributed by atoms with Crippen LogP contribution in [0, 0.1) is 6.92 Å². The van der Waals surface area contributed by atoms with Gasteiger partial charge in [0.05, 0.1) is 23.7 Å². The maximum atomic E-state index is 13.8. The van der Waals surface area contributed by atoms with E-state index in [0.717, 1.165) is 35.4 Å². The van der Waals surface area contributed by atoms with Crippen molar-refractivity contribution < 1.29 is 31.1 Å². The molecule has 0 spiro atoms. The van der Waals surface area contributed by atoms with Crippen molar-refractivity contribution >= 4 is 23.2 Å². The molecule has 1 amide bonds. The highest BCUT2D eigenvalue weighted by Crippen LogP contribution is 2.37. The molecule has 1 heterocycles. The zero-order chi connectivity index (χ0) is 33.8. The third-order valence-electron chi connectivity index (χ3n) is 8.52. The van der Waals surface area contributed by atoms with Gasteiger partial charge in [0, 0.05) is 56.5 Å². The van der Waals surface area contributed by atoms with Crippen LogP contribution in [0.5, 0.6) is 0 Å². The molecule has 46 heavy (non-hydrogen) atoms. The summed E-state index contributed by atoms with van der Waals surface area (Å²) < 4.78 is 81.0. The molecule has 0 aromatic heterocycles. The monoisotopic (exact) mass is 668 g/mol.